The summed E-state index contributed by atoms with van der Waals surface area (Å²) in [5, 5.41) is 8.72. The van der Waals surface area contributed by atoms with Crippen LogP contribution in [-0.2, 0) is 0 Å². The molecular formula is C10H14N2. The van der Waals surface area contributed by atoms with Crippen LogP contribution >= 0.6 is 0 Å². The van der Waals surface area contributed by atoms with Crippen molar-refractivity contribution in [2.75, 3.05) is 0 Å². The number of allylic oxidation sites excluding steroid dienone is 2. The molecule has 0 aromatic rings. The summed E-state index contributed by atoms with van der Waals surface area (Å²) in [6.07, 6.45) is 3.96. The van der Waals surface area contributed by atoms with Crippen molar-refractivity contribution in [1.29, 1.82) is 5.26 Å². The molecule has 2 N–H and O–H groups in total. The first kappa shape index (κ1) is 9.02. The lowest BCUT2D eigenvalue weighted by Crippen LogP contribution is -2.16. The Morgan fingerprint density at radius 3 is 2.92 bits per heavy atom. The maximum absolute atomic E-state index is 8.72. The number of nitrogens with zero attached hydrogens (tertiary/aromatic N) is 1. The van der Waals surface area contributed by atoms with Crippen LogP contribution in [0.4, 0.5) is 0 Å². The molecule has 64 valence electrons. The molecule has 2 heteroatoms. The quantitative estimate of drug-likeness (QED) is 0.553. The molecule has 0 unspecified atom stereocenters. The Kier molecular flexibility index (Phi) is 2.67. The molecule has 12 heavy (non-hydrogen) atoms. The van der Waals surface area contributed by atoms with E-state index >= 15 is 0 Å². The van der Waals surface area contributed by atoms with Crippen LogP contribution in [0.5, 0.6) is 0 Å². The van der Waals surface area contributed by atoms with Gasteiger partial charge in [0.05, 0.1) is 6.07 Å². The van der Waals surface area contributed by atoms with Crippen LogP contribution in [0.3, 0.4) is 0 Å². The summed E-state index contributed by atoms with van der Waals surface area (Å²) >= 11 is 0. The van der Waals surface area contributed by atoms with Gasteiger partial charge in [0.25, 0.3) is 0 Å². The van der Waals surface area contributed by atoms with Crippen LogP contribution in [-0.4, -0.2) is 6.04 Å². The third-order valence-electron chi connectivity index (χ3n) is 2.38. The largest absolute Gasteiger partial charge is 0.324 e. The van der Waals surface area contributed by atoms with Gasteiger partial charge in [-0.25, -0.2) is 0 Å². The minimum Gasteiger partial charge on any atom is -0.324 e. The number of nitrogens with two attached hydrogens (primary N) is 1. The summed E-state index contributed by atoms with van der Waals surface area (Å²) in [4.78, 5) is 0. The smallest absolute Gasteiger partial charge is 0.0947 e. The van der Waals surface area contributed by atoms with Gasteiger partial charge < -0.3 is 5.73 Å². The standard InChI is InChI=1S/C10H14N2/c1-3-8-9(7(2)6-11)4-5-10(8)12/h3,10H,4-5,12H2,1-2H3/b8-3?,9-7+/t10-/m0/s1. The summed E-state index contributed by atoms with van der Waals surface area (Å²) in [5.41, 5.74) is 9.00. The zero-order valence-electron chi connectivity index (χ0n) is 7.59. The molecule has 2 nitrogen and oxygen atoms in total. The predicted octanol–water partition coefficient (Wildman–Crippen LogP) is 1.89. The van der Waals surface area contributed by atoms with Gasteiger partial charge in [0.2, 0.25) is 0 Å². The van der Waals surface area contributed by atoms with E-state index in [1.165, 1.54) is 0 Å². The van der Waals surface area contributed by atoms with Crippen LogP contribution in [0.2, 0.25) is 0 Å². The highest BCUT2D eigenvalue weighted by Gasteiger charge is 2.22. The third-order valence-corrected chi connectivity index (χ3v) is 2.38. The highest BCUT2D eigenvalue weighted by atomic mass is 14.7. The summed E-state index contributed by atoms with van der Waals surface area (Å²) in [6, 6.07) is 2.32. The van der Waals surface area contributed by atoms with Crippen molar-refractivity contribution in [2.45, 2.75) is 32.7 Å². The van der Waals surface area contributed by atoms with E-state index < -0.39 is 0 Å². The van der Waals surface area contributed by atoms with Gasteiger partial charge in [-0.15, -0.1) is 0 Å². The lowest BCUT2D eigenvalue weighted by molar-refractivity contribution is 0.778. The Morgan fingerprint density at radius 1 is 1.75 bits per heavy atom. The first-order valence-electron chi connectivity index (χ1n) is 4.22. The van der Waals surface area contributed by atoms with Crippen molar-refractivity contribution in [1.82, 2.24) is 0 Å². The molecule has 0 spiro atoms. The van der Waals surface area contributed by atoms with Crippen LogP contribution in [0, 0.1) is 11.3 Å². The van der Waals surface area contributed by atoms with E-state index in [0.717, 1.165) is 29.6 Å². The van der Waals surface area contributed by atoms with Crippen molar-refractivity contribution in [3.8, 4) is 6.07 Å². The van der Waals surface area contributed by atoms with Gasteiger partial charge >= 0.3 is 0 Å². The fraction of sp³-hybridized carbons (Fsp3) is 0.500. The minimum absolute atomic E-state index is 0.147. The van der Waals surface area contributed by atoms with E-state index in [9.17, 15) is 0 Å². The summed E-state index contributed by atoms with van der Waals surface area (Å²) in [6.45, 7) is 3.84. The molecular weight excluding hydrogens is 148 g/mol. The highest BCUT2D eigenvalue weighted by molar-refractivity contribution is 5.46. The van der Waals surface area contributed by atoms with Crippen molar-refractivity contribution < 1.29 is 0 Å². The number of rotatable bonds is 0. The van der Waals surface area contributed by atoms with Crippen LogP contribution in [0.25, 0.3) is 0 Å². The Morgan fingerprint density at radius 2 is 2.42 bits per heavy atom. The Labute approximate surface area is 73.4 Å². The summed E-state index contributed by atoms with van der Waals surface area (Å²) in [7, 11) is 0. The average molecular weight is 162 g/mol. The molecule has 1 aliphatic carbocycles. The van der Waals surface area contributed by atoms with Crippen LogP contribution < -0.4 is 5.73 Å². The Balaban J connectivity index is 3.05. The van der Waals surface area contributed by atoms with E-state index in [2.05, 4.69) is 6.07 Å². The van der Waals surface area contributed by atoms with E-state index in [-0.39, 0.29) is 6.04 Å². The molecule has 0 amide bonds. The molecule has 0 aromatic carbocycles. The fourth-order valence-corrected chi connectivity index (χ4v) is 1.68. The van der Waals surface area contributed by atoms with E-state index in [1.54, 1.807) is 0 Å². The molecule has 1 atom stereocenters. The lowest BCUT2D eigenvalue weighted by atomic mass is 10.0. The van der Waals surface area contributed by atoms with Crippen molar-refractivity contribution in [3.05, 3.63) is 22.8 Å². The van der Waals surface area contributed by atoms with Crippen molar-refractivity contribution in [3.63, 3.8) is 0 Å². The van der Waals surface area contributed by atoms with Gasteiger partial charge in [0, 0.05) is 11.6 Å². The third kappa shape index (κ3) is 1.41. The molecule has 0 heterocycles. The van der Waals surface area contributed by atoms with E-state index in [4.69, 9.17) is 11.0 Å². The Bertz CT molecular complexity index is 279. The Hall–Kier alpha value is -1.07. The SMILES string of the molecule is CC=C1/C(=C(\C)C#N)CC[C@@H]1N. The summed E-state index contributed by atoms with van der Waals surface area (Å²) in [5.74, 6) is 0. The highest BCUT2D eigenvalue weighted by Crippen LogP contribution is 2.31. The molecule has 1 aliphatic rings. The number of hydrogen-bond acceptors (Lipinski definition) is 2. The molecule has 0 bridgehead atoms. The zero-order chi connectivity index (χ0) is 9.14. The first-order chi connectivity index (χ1) is 5.70. The second-order valence-electron chi connectivity index (χ2n) is 3.10. The van der Waals surface area contributed by atoms with Crippen LogP contribution in [0.15, 0.2) is 22.8 Å². The molecule has 1 rings (SSSR count). The van der Waals surface area contributed by atoms with Gasteiger partial charge in [-0.1, -0.05) is 6.08 Å². The maximum atomic E-state index is 8.72. The van der Waals surface area contributed by atoms with Gasteiger partial charge in [-0.2, -0.15) is 5.26 Å². The average Bonchev–Trinajstić information content (AvgIpc) is 2.45. The molecule has 0 radical (unpaired) electrons. The van der Waals surface area contributed by atoms with E-state index in [1.807, 2.05) is 19.9 Å². The first-order valence-corrected chi connectivity index (χ1v) is 4.22. The van der Waals surface area contributed by atoms with Gasteiger partial charge in [-0.05, 0) is 37.8 Å². The second-order valence-corrected chi connectivity index (χ2v) is 3.10. The second kappa shape index (κ2) is 3.55. The normalized spacial score (nSPS) is 30.5. The van der Waals surface area contributed by atoms with Gasteiger partial charge in [0.1, 0.15) is 0 Å². The lowest BCUT2D eigenvalue weighted by Gasteiger charge is -2.05. The molecule has 0 saturated heterocycles. The molecule has 0 aliphatic heterocycles. The van der Waals surface area contributed by atoms with Crippen LogP contribution in [0.1, 0.15) is 26.7 Å². The van der Waals surface area contributed by atoms with Crippen molar-refractivity contribution >= 4 is 0 Å². The molecule has 1 saturated carbocycles. The van der Waals surface area contributed by atoms with Gasteiger partial charge in [0.15, 0.2) is 0 Å². The van der Waals surface area contributed by atoms with Crippen molar-refractivity contribution in [2.24, 2.45) is 5.73 Å². The monoisotopic (exact) mass is 162 g/mol. The van der Waals surface area contributed by atoms with E-state index in [0.29, 0.717) is 0 Å². The number of nitriles is 1. The molecule has 0 aromatic heterocycles. The predicted molar refractivity (Wildman–Crippen MR) is 49.3 cm³/mol. The maximum Gasteiger partial charge on any atom is 0.0947 e. The van der Waals surface area contributed by atoms with Gasteiger partial charge in [-0.3, -0.25) is 0 Å². The number of hydrogen-bond donors (Lipinski definition) is 1. The summed E-state index contributed by atoms with van der Waals surface area (Å²) < 4.78 is 0. The topological polar surface area (TPSA) is 49.8 Å². The fourth-order valence-electron chi connectivity index (χ4n) is 1.68. The molecule has 1 fully saturated rings. The zero-order valence-corrected chi connectivity index (χ0v) is 7.59. The minimum atomic E-state index is 0.147.